The number of rotatable bonds is 4. The van der Waals surface area contributed by atoms with Gasteiger partial charge in [0.2, 0.25) is 0 Å². The van der Waals surface area contributed by atoms with Gasteiger partial charge in [-0.3, -0.25) is 4.79 Å². The molecule has 2 N–H and O–H groups in total. The smallest absolute Gasteiger partial charge is 0.251 e. The molecule has 0 spiro atoms. The first-order chi connectivity index (χ1) is 10.3. The molecule has 0 aromatic heterocycles. The molecule has 1 saturated carbocycles. The summed E-state index contributed by atoms with van der Waals surface area (Å²) in [5, 5.41) is 6.46. The summed E-state index contributed by atoms with van der Waals surface area (Å²) in [7, 11) is 0. The van der Waals surface area contributed by atoms with E-state index in [4.69, 9.17) is 0 Å². The fourth-order valence-electron chi connectivity index (χ4n) is 3.62. The van der Waals surface area contributed by atoms with Crippen molar-refractivity contribution in [1.29, 1.82) is 0 Å². The normalized spacial score (nSPS) is 24.2. The minimum Gasteiger partial charge on any atom is -0.384 e. The monoisotopic (exact) mass is 286 g/mol. The Bertz CT molecular complexity index is 504. The standard InChI is InChI=1S/C18H26N2O/c1-2-13-3-5-14(6-4-13)12-20-18(21)16-8-7-15-9-10-19-17(15)11-16/h7-8,11,13-14,19H,2-6,9-10,12H2,1H3,(H,20,21). The topological polar surface area (TPSA) is 41.1 Å². The van der Waals surface area contributed by atoms with Crippen LogP contribution in [0, 0.1) is 11.8 Å². The largest absolute Gasteiger partial charge is 0.384 e. The Balaban J connectivity index is 1.50. The predicted octanol–water partition coefficient (Wildman–Crippen LogP) is 3.60. The van der Waals surface area contributed by atoms with Crippen molar-refractivity contribution in [3.05, 3.63) is 29.3 Å². The van der Waals surface area contributed by atoms with Crippen LogP contribution in [0.15, 0.2) is 18.2 Å². The maximum absolute atomic E-state index is 12.3. The first kappa shape index (κ1) is 14.4. The summed E-state index contributed by atoms with van der Waals surface area (Å²) in [5.41, 5.74) is 3.24. The van der Waals surface area contributed by atoms with Crippen LogP contribution < -0.4 is 10.6 Å². The second kappa shape index (κ2) is 6.50. The van der Waals surface area contributed by atoms with Gasteiger partial charge in [-0.1, -0.05) is 32.3 Å². The number of fused-ring (bicyclic) bond motifs is 1. The molecule has 1 fully saturated rings. The van der Waals surface area contributed by atoms with E-state index in [-0.39, 0.29) is 5.91 Å². The molecule has 3 nitrogen and oxygen atoms in total. The number of amides is 1. The van der Waals surface area contributed by atoms with Crippen molar-refractivity contribution >= 4 is 11.6 Å². The molecule has 3 heteroatoms. The van der Waals surface area contributed by atoms with Gasteiger partial charge in [0.1, 0.15) is 0 Å². The Kier molecular flexibility index (Phi) is 4.47. The van der Waals surface area contributed by atoms with Crippen LogP contribution in [0.1, 0.15) is 54.9 Å². The molecule has 21 heavy (non-hydrogen) atoms. The predicted molar refractivity (Wildman–Crippen MR) is 86.7 cm³/mol. The molecule has 1 aromatic rings. The lowest BCUT2D eigenvalue weighted by Crippen LogP contribution is -2.31. The Morgan fingerprint density at radius 3 is 2.76 bits per heavy atom. The van der Waals surface area contributed by atoms with E-state index in [2.05, 4.69) is 23.6 Å². The summed E-state index contributed by atoms with van der Waals surface area (Å²) >= 11 is 0. The van der Waals surface area contributed by atoms with E-state index in [0.29, 0.717) is 5.92 Å². The second-order valence-corrected chi connectivity index (χ2v) is 6.55. The molecule has 0 bridgehead atoms. The Morgan fingerprint density at radius 1 is 1.24 bits per heavy atom. The van der Waals surface area contributed by atoms with Crippen LogP contribution in [0.5, 0.6) is 0 Å². The highest BCUT2D eigenvalue weighted by atomic mass is 16.1. The van der Waals surface area contributed by atoms with Gasteiger partial charge in [-0.15, -0.1) is 0 Å². The van der Waals surface area contributed by atoms with E-state index in [0.717, 1.165) is 36.7 Å². The number of anilines is 1. The van der Waals surface area contributed by atoms with Crippen molar-refractivity contribution in [3.63, 3.8) is 0 Å². The molecule has 0 atom stereocenters. The molecule has 1 amide bonds. The van der Waals surface area contributed by atoms with Gasteiger partial charge in [0, 0.05) is 24.3 Å². The van der Waals surface area contributed by atoms with E-state index >= 15 is 0 Å². The Labute approximate surface area is 127 Å². The molecule has 0 saturated heterocycles. The van der Waals surface area contributed by atoms with Crippen molar-refractivity contribution in [2.24, 2.45) is 11.8 Å². The zero-order valence-corrected chi connectivity index (χ0v) is 13.0. The number of carbonyl (C=O) groups excluding carboxylic acids is 1. The fourth-order valence-corrected chi connectivity index (χ4v) is 3.62. The van der Waals surface area contributed by atoms with E-state index in [1.165, 1.54) is 37.7 Å². The van der Waals surface area contributed by atoms with Gasteiger partial charge < -0.3 is 10.6 Å². The van der Waals surface area contributed by atoms with Gasteiger partial charge in [0.25, 0.3) is 5.91 Å². The lowest BCUT2D eigenvalue weighted by Gasteiger charge is -2.27. The van der Waals surface area contributed by atoms with E-state index in [1.54, 1.807) is 0 Å². The summed E-state index contributed by atoms with van der Waals surface area (Å²) in [6.45, 7) is 4.11. The van der Waals surface area contributed by atoms with Crippen molar-refractivity contribution in [2.75, 3.05) is 18.4 Å². The zero-order valence-electron chi connectivity index (χ0n) is 13.0. The van der Waals surface area contributed by atoms with E-state index < -0.39 is 0 Å². The van der Waals surface area contributed by atoms with Gasteiger partial charge in [0.05, 0.1) is 0 Å². The maximum atomic E-state index is 12.3. The van der Waals surface area contributed by atoms with Crippen LogP contribution in [0.4, 0.5) is 5.69 Å². The van der Waals surface area contributed by atoms with E-state index in [1.807, 2.05) is 12.1 Å². The number of hydrogen-bond acceptors (Lipinski definition) is 2. The van der Waals surface area contributed by atoms with Gasteiger partial charge in [-0.25, -0.2) is 0 Å². The number of carbonyl (C=O) groups is 1. The maximum Gasteiger partial charge on any atom is 0.251 e. The molecule has 114 valence electrons. The summed E-state index contributed by atoms with van der Waals surface area (Å²) in [4.78, 5) is 12.3. The van der Waals surface area contributed by atoms with Gasteiger partial charge in [-0.05, 0) is 48.8 Å². The highest BCUT2D eigenvalue weighted by Crippen LogP contribution is 2.30. The molecule has 2 aliphatic rings. The van der Waals surface area contributed by atoms with Crippen LogP contribution in [-0.2, 0) is 6.42 Å². The van der Waals surface area contributed by atoms with E-state index in [9.17, 15) is 4.79 Å². The molecule has 1 aliphatic heterocycles. The van der Waals surface area contributed by atoms with Crippen LogP contribution in [-0.4, -0.2) is 19.0 Å². The fraction of sp³-hybridized carbons (Fsp3) is 0.611. The Morgan fingerprint density at radius 2 is 2.00 bits per heavy atom. The summed E-state index contributed by atoms with van der Waals surface area (Å²) in [5.74, 6) is 1.66. The van der Waals surface area contributed by atoms with Crippen LogP contribution in [0.3, 0.4) is 0 Å². The molecular formula is C18H26N2O. The van der Waals surface area contributed by atoms with Gasteiger partial charge >= 0.3 is 0 Å². The summed E-state index contributed by atoms with van der Waals surface area (Å²) < 4.78 is 0. The Hall–Kier alpha value is -1.51. The third kappa shape index (κ3) is 3.39. The molecular weight excluding hydrogens is 260 g/mol. The van der Waals surface area contributed by atoms with Crippen LogP contribution >= 0.6 is 0 Å². The quantitative estimate of drug-likeness (QED) is 0.888. The molecule has 1 aliphatic carbocycles. The lowest BCUT2D eigenvalue weighted by molar-refractivity contribution is 0.0941. The molecule has 1 aromatic carbocycles. The highest BCUT2D eigenvalue weighted by molar-refractivity contribution is 5.95. The highest BCUT2D eigenvalue weighted by Gasteiger charge is 2.21. The third-order valence-corrected chi connectivity index (χ3v) is 5.18. The minimum atomic E-state index is 0.0733. The van der Waals surface area contributed by atoms with Crippen molar-refractivity contribution in [1.82, 2.24) is 5.32 Å². The molecule has 0 radical (unpaired) electrons. The SMILES string of the molecule is CCC1CCC(CNC(=O)c2ccc3c(c2)NCC3)CC1. The number of nitrogens with one attached hydrogen (secondary N) is 2. The van der Waals surface area contributed by atoms with Crippen LogP contribution in [0.2, 0.25) is 0 Å². The minimum absolute atomic E-state index is 0.0733. The lowest BCUT2D eigenvalue weighted by atomic mass is 9.81. The summed E-state index contributed by atoms with van der Waals surface area (Å²) in [6, 6.07) is 6.03. The van der Waals surface area contributed by atoms with Crippen LogP contribution in [0.25, 0.3) is 0 Å². The molecule has 1 heterocycles. The average Bonchev–Trinajstić information content (AvgIpc) is 3.00. The second-order valence-electron chi connectivity index (χ2n) is 6.55. The average molecular weight is 286 g/mol. The third-order valence-electron chi connectivity index (χ3n) is 5.18. The zero-order chi connectivity index (χ0) is 14.7. The first-order valence-electron chi connectivity index (χ1n) is 8.41. The van der Waals surface area contributed by atoms with Crippen molar-refractivity contribution in [3.8, 4) is 0 Å². The number of hydrogen-bond donors (Lipinski definition) is 2. The molecule has 0 unspecified atom stereocenters. The molecule has 3 rings (SSSR count). The van der Waals surface area contributed by atoms with Gasteiger partial charge in [-0.2, -0.15) is 0 Å². The van der Waals surface area contributed by atoms with Crippen molar-refractivity contribution in [2.45, 2.75) is 45.4 Å². The number of benzene rings is 1. The van der Waals surface area contributed by atoms with Crippen molar-refractivity contribution < 1.29 is 4.79 Å². The first-order valence-corrected chi connectivity index (χ1v) is 8.41. The summed E-state index contributed by atoms with van der Waals surface area (Å²) in [6.07, 6.45) is 7.58. The van der Waals surface area contributed by atoms with Gasteiger partial charge in [0.15, 0.2) is 0 Å².